The van der Waals surface area contributed by atoms with Gasteiger partial charge >= 0.3 is 0 Å². The Labute approximate surface area is 319 Å². The molecule has 3 fully saturated rings. The van der Waals surface area contributed by atoms with Crippen LogP contribution in [0.5, 0.6) is 11.5 Å². The second-order valence-electron chi connectivity index (χ2n) is 15.7. The quantitative estimate of drug-likeness (QED) is 0.223. The standard InChI is InChI=1S/C40H51NO14/c1-7-40(49)16-27(32-22(39(40)48)13-21-33(36(32)47)35(46)31-20(34(21)45)9-8-10-25(31)43)53-29-14-23(41(5)6)37(18(3)51-29)55-30-15-26(44)38(19(4)52-30)54-28-12-11-24(42)17(2)50-28/h8-10,13,17-19,23,26-30,37-39,43-44,47-49H,7,11-12,14-16H2,1-6H3/t17-,18-,19-,23-,26-,27-,28-,29-,30-,37+,38+,39?,40+/m0/s1. The summed E-state index contributed by atoms with van der Waals surface area (Å²) in [6.07, 6.45) is -7.77. The van der Waals surface area contributed by atoms with Crippen LogP contribution in [0.3, 0.4) is 0 Å². The number of aromatic hydroxyl groups is 2. The molecule has 0 spiro atoms. The molecule has 7 rings (SSSR count). The number of phenols is 2. The van der Waals surface area contributed by atoms with E-state index in [9.17, 15) is 39.9 Å². The molecule has 15 heteroatoms. The number of fused-ring (bicyclic) bond motifs is 3. The van der Waals surface area contributed by atoms with Crippen LogP contribution in [0.1, 0.15) is 121 Å². The second-order valence-corrected chi connectivity index (χ2v) is 15.7. The fourth-order valence-corrected chi connectivity index (χ4v) is 8.78. The van der Waals surface area contributed by atoms with Gasteiger partial charge < -0.3 is 58.9 Å². The Kier molecular flexibility index (Phi) is 11.0. The SMILES string of the molecule is CC[C@@]1(O)C[C@H](O[C@H]2C[C@H](N(C)C)[C@H](O[C@H]3C[C@H](O)[C@H](O[C@H]4CCC(=O)[C@H](C)O4)[C@H](C)O3)[C@H](C)O2)c2c(cc3c(c2O)C(=O)c2c(O)cccc2C3=O)C1O. The van der Waals surface area contributed by atoms with E-state index in [0.29, 0.717) is 12.8 Å². The van der Waals surface area contributed by atoms with Crippen molar-refractivity contribution in [1.29, 1.82) is 0 Å². The number of likely N-dealkylation sites (N-methyl/N-ethyl adjacent to an activating group) is 1. The van der Waals surface area contributed by atoms with Crippen molar-refractivity contribution in [1.82, 2.24) is 4.90 Å². The summed E-state index contributed by atoms with van der Waals surface area (Å²) in [6.45, 7) is 6.98. The van der Waals surface area contributed by atoms with Gasteiger partial charge in [-0.25, -0.2) is 0 Å². The first kappa shape index (κ1) is 39.9. The smallest absolute Gasteiger partial charge is 0.201 e. The third-order valence-corrected chi connectivity index (χ3v) is 12.0. The normalized spacial score (nSPS) is 37.7. The summed E-state index contributed by atoms with van der Waals surface area (Å²) < 4.78 is 37.3. The minimum Gasteiger partial charge on any atom is -0.507 e. The number of rotatable bonds is 8. The molecule has 0 amide bonds. The Morgan fingerprint density at radius 2 is 1.53 bits per heavy atom. The maximum atomic E-state index is 13.8. The van der Waals surface area contributed by atoms with Crippen molar-refractivity contribution in [3.63, 3.8) is 0 Å². The van der Waals surface area contributed by atoms with Crippen molar-refractivity contribution in [2.45, 2.75) is 146 Å². The minimum absolute atomic E-state index is 0.0118. The lowest BCUT2D eigenvalue weighted by atomic mass is 9.71. The van der Waals surface area contributed by atoms with Crippen molar-refractivity contribution >= 4 is 17.3 Å². The fraction of sp³-hybridized carbons (Fsp3) is 0.625. The molecular weight excluding hydrogens is 718 g/mol. The van der Waals surface area contributed by atoms with E-state index in [-0.39, 0.29) is 70.9 Å². The third kappa shape index (κ3) is 7.13. The van der Waals surface area contributed by atoms with Crippen molar-refractivity contribution in [3.05, 3.63) is 57.6 Å². The van der Waals surface area contributed by atoms with Gasteiger partial charge in [-0.3, -0.25) is 14.4 Å². The highest BCUT2D eigenvalue weighted by molar-refractivity contribution is 6.30. The summed E-state index contributed by atoms with van der Waals surface area (Å²) in [5, 5.41) is 56.5. The molecule has 15 nitrogen and oxygen atoms in total. The van der Waals surface area contributed by atoms with E-state index in [1.165, 1.54) is 24.3 Å². The van der Waals surface area contributed by atoms with E-state index >= 15 is 0 Å². The van der Waals surface area contributed by atoms with Crippen LogP contribution in [0.25, 0.3) is 0 Å². The van der Waals surface area contributed by atoms with Crippen LogP contribution in [0.15, 0.2) is 24.3 Å². The largest absolute Gasteiger partial charge is 0.507 e. The number of benzene rings is 2. The molecule has 5 aliphatic rings. The average molecular weight is 770 g/mol. The van der Waals surface area contributed by atoms with Crippen molar-refractivity contribution in [2.24, 2.45) is 0 Å². The van der Waals surface area contributed by atoms with E-state index in [2.05, 4.69) is 0 Å². The monoisotopic (exact) mass is 769 g/mol. The number of Topliss-reactive ketones (excluding diaryl/α,β-unsaturated/α-hetero) is 1. The van der Waals surface area contributed by atoms with Gasteiger partial charge in [0, 0.05) is 54.8 Å². The van der Waals surface area contributed by atoms with E-state index in [4.69, 9.17) is 28.4 Å². The van der Waals surface area contributed by atoms with Crippen LogP contribution in [0.4, 0.5) is 0 Å². The highest BCUT2D eigenvalue weighted by Crippen LogP contribution is 2.53. The minimum atomic E-state index is -1.71. The van der Waals surface area contributed by atoms with Gasteiger partial charge in [0.2, 0.25) is 5.78 Å². The Morgan fingerprint density at radius 1 is 0.855 bits per heavy atom. The van der Waals surface area contributed by atoms with E-state index in [1.807, 2.05) is 25.9 Å². The summed E-state index contributed by atoms with van der Waals surface area (Å²) in [7, 11) is 3.76. The molecule has 55 heavy (non-hydrogen) atoms. The first-order valence-electron chi connectivity index (χ1n) is 19.0. The van der Waals surface area contributed by atoms with Crippen LogP contribution < -0.4 is 0 Å². The number of ketones is 3. The van der Waals surface area contributed by atoms with E-state index < -0.39 is 96.4 Å². The molecule has 3 saturated heterocycles. The summed E-state index contributed by atoms with van der Waals surface area (Å²) >= 11 is 0. The summed E-state index contributed by atoms with van der Waals surface area (Å²) in [5.41, 5.74) is -2.33. The first-order chi connectivity index (χ1) is 26.0. The van der Waals surface area contributed by atoms with Gasteiger partial charge in [-0.1, -0.05) is 19.1 Å². The Morgan fingerprint density at radius 3 is 2.18 bits per heavy atom. The number of carbonyl (C=O) groups excluding carboxylic acids is 3. The topological polar surface area (TPSA) is 211 Å². The van der Waals surface area contributed by atoms with Crippen molar-refractivity contribution < 1.29 is 68.3 Å². The summed E-state index contributed by atoms with van der Waals surface area (Å²) in [6, 6.07) is 5.16. The average Bonchev–Trinajstić information content (AvgIpc) is 3.13. The lowest BCUT2D eigenvalue weighted by Gasteiger charge is -2.48. The molecule has 0 saturated carbocycles. The van der Waals surface area contributed by atoms with Gasteiger partial charge in [0.05, 0.1) is 41.1 Å². The van der Waals surface area contributed by atoms with E-state index in [0.717, 1.165) is 0 Å². The number of carbonyl (C=O) groups is 3. The van der Waals surface area contributed by atoms with Gasteiger partial charge in [0.25, 0.3) is 0 Å². The molecule has 3 aliphatic heterocycles. The predicted molar refractivity (Wildman–Crippen MR) is 191 cm³/mol. The number of nitrogens with zero attached hydrogens (tertiary/aromatic N) is 1. The van der Waals surface area contributed by atoms with Crippen LogP contribution in [0, 0.1) is 0 Å². The molecule has 300 valence electrons. The molecule has 2 aromatic rings. The molecule has 3 heterocycles. The van der Waals surface area contributed by atoms with Crippen molar-refractivity contribution in [3.8, 4) is 11.5 Å². The fourth-order valence-electron chi connectivity index (χ4n) is 8.78. The predicted octanol–water partition coefficient (Wildman–Crippen LogP) is 2.93. The summed E-state index contributed by atoms with van der Waals surface area (Å²) in [5.74, 6) is -2.33. The Bertz CT molecular complexity index is 1820. The van der Waals surface area contributed by atoms with Gasteiger partial charge in [0.1, 0.15) is 35.9 Å². The lowest BCUT2D eigenvalue weighted by molar-refractivity contribution is -0.325. The Balaban J connectivity index is 1.10. The van der Waals surface area contributed by atoms with E-state index in [1.54, 1.807) is 20.8 Å². The molecule has 0 bridgehead atoms. The lowest BCUT2D eigenvalue weighted by Crippen LogP contribution is -2.58. The number of hydrogen-bond donors (Lipinski definition) is 5. The van der Waals surface area contributed by atoms with Crippen LogP contribution in [-0.2, 0) is 33.2 Å². The van der Waals surface area contributed by atoms with Crippen LogP contribution >= 0.6 is 0 Å². The molecule has 1 unspecified atom stereocenters. The maximum Gasteiger partial charge on any atom is 0.201 e. The molecule has 2 aromatic carbocycles. The summed E-state index contributed by atoms with van der Waals surface area (Å²) in [4.78, 5) is 41.2. The number of hydrogen-bond acceptors (Lipinski definition) is 15. The number of phenolic OH excluding ortho intramolecular Hbond substituents is 2. The van der Waals surface area contributed by atoms with Crippen LogP contribution in [0.2, 0.25) is 0 Å². The highest BCUT2D eigenvalue weighted by Gasteiger charge is 2.51. The van der Waals surface area contributed by atoms with Crippen LogP contribution in [-0.4, -0.2) is 129 Å². The zero-order valence-corrected chi connectivity index (χ0v) is 31.8. The number of ether oxygens (including phenoxy) is 6. The zero-order valence-electron chi connectivity index (χ0n) is 31.8. The molecule has 5 N–H and O–H groups in total. The molecule has 0 radical (unpaired) electrons. The molecular formula is C40H51NO14. The third-order valence-electron chi connectivity index (χ3n) is 12.0. The highest BCUT2D eigenvalue weighted by atomic mass is 16.7. The second kappa shape index (κ2) is 15.2. The maximum absolute atomic E-state index is 13.8. The Hall–Kier alpha value is -3.35. The van der Waals surface area contributed by atoms with Gasteiger partial charge in [-0.05, 0) is 59.0 Å². The van der Waals surface area contributed by atoms with Crippen molar-refractivity contribution in [2.75, 3.05) is 14.1 Å². The first-order valence-corrected chi connectivity index (χ1v) is 19.0. The molecule has 0 aromatic heterocycles. The van der Waals surface area contributed by atoms with Gasteiger partial charge in [0.15, 0.2) is 30.4 Å². The molecule has 13 atom stereocenters. The number of aliphatic hydroxyl groups excluding tert-OH is 2. The van der Waals surface area contributed by atoms with Gasteiger partial charge in [-0.2, -0.15) is 0 Å². The number of aliphatic hydroxyl groups is 3. The van der Waals surface area contributed by atoms with Gasteiger partial charge in [-0.15, -0.1) is 0 Å². The zero-order chi connectivity index (χ0) is 39.7. The molecule has 2 aliphatic carbocycles.